The standard InChI is InChI=1S/C17H14N4O2/c1-22-14-6-5-11(9-15(14)23-2)8-12(10-18)16-20-13-4-3-7-19-17(13)21-16/h3-9H,1-2H3,(H,19,20,21)/b12-8-. The Labute approximate surface area is 133 Å². The van der Waals surface area contributed by atoms with Gasteiger partial charge in [-0.3, -0.25) is 0 Å². The minimum absolute atomic E-state index is 0.412. The van der Waals surface area contributed by atoms with Crippen molar-refractivity contribution in [3.05, 3.63) is 47.9 Å². The summed E-state index contributed by atoms with van der Waals surface area (Å²) < 4.78 is 10.5. The number of hydrogen-bond donors (Lipinski definition) is 1. The van der Waals surface area contributed by atoms with Crippen molar-refractivity contribution in [1.29, 1.82) is 5.26 Å². The summed E-state index contributed by atoms with van der Waals surface area (Å²) in [5.41, 5.74) is 2.59. The molecule has 2 heterocycles. The van der Waals surface area contributed by atoms with Crippen molar-refractivity contribution in [2.75, 3.05) is 14.2 Å². The summed E-state index contributed by atoms with van der Waals surface area (Å²) in [6.45, 7) is 0. The minimum Gasteiger partial charge on any atom is -0.493 e. The highest BCUT2D eigenvalue weighted by Crippen LogP contribution is 2.29. The summed E-state index contributed by atoms with van der Waals surface area (Å²) >= 11 is 0. The first-order chi connectivity index (χ1) is 11.2. The van der Waals surface area contributed by atoms with Crippen LogP contribution in [0.1, 0.15) is 11.4 Å². The van der Waals surface area contributed by atoms with Crippen molar-refractivity contribution in [3.63, 3.8) is 0 Å². The van der Waals surface area contributed by atoms with Gasteiger partial charge in [-0.2, -0.15) is 5.26 Å². The van der Waals surface area contributed by atoms with E-state index < -0.39 is 0 Å². The second kappa shape index (κ2) is 6.20. The molecule has 0 unspecified atom stereocenters. The maximum Gasteiger partial charge on any atom is 0.178 e. The van der Waals surface area contributed by atoms with Gasteiger partial charge in [0.05, 0.1) is 25.3 Å². The third-order valence-electron chi connectivity index (χ3n) is 3.35. The van der Waals surface area contributed by atoms with Crippen molar-refractivity contribution in [3.8, 4) is 17.6 Å². The van der Waals surface area contributed by atoms with E-state index in [9.17, 15) is 5.26 Å². The van der Waals surface area contributed by atoms with E-state index in [4.69, 9.17) is 9.47 Å². The number of ether oxygens (including phenoxy) is 2. The quantitative estimate of drug-likeness (QED) is 0.749. The summed E-state index contributed by atoms with van der Waals surface area (Å²) in [7, 11) is 3.15. The van der Waals surface area contributed by atoms with E-state index in [-0.39, 0.29) is 0 Å². The summed E-state index contributed by atoms with van der Waals surface area (Å²) in [4.78, 5) is 11.6. The molecule has 2 aromatic heterocycles. The van der Waals surface area contributed by atoms with Crippen molar-refractivity contribution in [2.24, 2.45) is 0 Å². The largest absolute Gasteiger partial charge is 0.493 e. The number of fused-ring (bicyclic) bond motifs is 1. The summed E-state index contributed by atoms with van der Waals surface area (Å²) in [5.74, 6) is 1.72. The number of nitrogens with zero attached hydrogens (tertiary/aromatic N) is 3. The number of aromatic amines is 1. The molecule has 0 fully saturated rings. The molecule has 114 valence electrons. The number of allylic oxidation sites excluding steroid dienone is 1. The normalized spacial score (nSPS) is 11.3. The Morgan fingerprint density at radius 3 is 2.74 bits per heavy atom. The average Bonchev–Trinajstić information content (AvgIpc) is 3.03. The molecule has 0 aliphatic heterocycles. The third-order valence-corrected chi connectivity index (χ3v) is 3.35. The Hall–Kier alpha value is -3.33. The fraction of sp³-hybridized carbons (Fsp3) is 0.118. The summed E-state index contributed by atoms with van der Waals surface area (Å²) in [5, 5.41) is 9.44. The molecule has 0 amide bonds. The smallest absolute Gasteiger partial charge is 0.178 e. The van der Waals surface area contributed by atoms with E-state index in [1.165, 1.54) is 0 Å². The SMILES string of the molecule is COc1ccc(/C=C(/C#N)c2nc3ncccc3[nH]2)cc1OC. The van der Waals surface area contributed by atoms with Gasteiger partial charge in [0.25, 0.3) is 0 Å². The van der Waals surface area contributed by atoms with Crippen LogP contribution in [-0.4, -0.2) is 29.2 Å². The Morgan fingerprint density at radius 1 is 1.22 bits per heavy atom. The number of pyridine rings is 1. The maximum absolute atomic E-state index is 9.44. The lowest BCUT2D eigenvalue weighted by atomic mass is 10.1. The van der Waals surface area contributed by atoms with Crippen LogP contribution in [0.2, 0.25) is 0 Å². The predicted octanol–water partition coefficient (Wildman–Crippen LogP) is 3.04. The zero-order valence-corrected chi connectivity index (χ0v) is 12.7. The Balaban J connectivity index is 2.03. The van der Waals surface area contributed by atoms with Crippen LogP contribution in [0.3, 0.4) is 0 Å². The second-order valence-electron chi connectivity index (χ2n) is 4.74. The van der Waals surface area contributed by atoms with E-state index >= 15 is 0 Å². The topological polar surface area (TPSA) is 83.8 Å². The van der Waals surface area contributed by atoms with Gasteiger partial charge in [0.2, 0.25) is 0 Å². The molecular formula is C17H14N4O2. The number of H-pyrrole nitrogens is 1. The Kier molecular flexibility index (Phi) is 3.93. The molecule has 0 aliphatic rings. The number of benzene rings is 1. The summed E-state index contributed by atoms with van der Waals surface area (Å²) in [6, 6.07) is 11.3. The molecule has 0 radical (unpaired) electrons. The minimum atomic E-state index is 0.412. The van der Waals surface area contributed by atoms with Crippen LogP contribution in [0.5, 0.6) is 11.5 Å². The van der Waals surface area contributed by atoms with Gasteiger partial charge in [-0.15, -0.1) is 0 Å². The maximum atomic E-state index is 9.44. The van der Waals surface area contributed by atoms with E-state index in [0.717, 1.165) is 11.1 Å². The zero-order chi connectivity index (χ0) is 16.2. The molecule has 23 heavy (non-hydrogen) atoms. The van der Waals surface area contributed by atoms with Gasteiger partial charge in [0.15, 0.2) is 23.0 Å². The fourth-order valence-corrected chi connectivity index (χ4v) is 2.24. The van der Waals surface area contributed by atoms with Crippen LogP contribution >= 0.6 is 0 Å². The summed E-state index contributed by atoms with van der Waals surface area (Å²) in [6.07, 6.45) is 3.40. The highest BCUT2D eigenvalue weighted by Gasteiger charge is 2.09. The third kappa shape index (κ3) is 2.85. The van der Waals surface area contributed by atoms with Crippen molar-refractivity contribution < 1.29 is 9.47 Å². The van der Waals surface area contributed by atoms with Crippen molar-refractivity contribution in [1.82, 2.24) is 15.0 Å². The van der Waals surface area contributed by atoms with Crippen molar-refractivity contribution >= 4 is 22.8 Å². The van der Waals surface area contributed by atoms with Gasteiger partial charge >= 0.3 is 0 Å². The number of nitrogens with one attached hydrogen (secondary N) is 1. The lowest BCUT2D eigenvalue weighted by Crippen LogP contribution is -1.91. The van der Waals surface area contributed by atoms with Crippen LogP contribution in [0.25, 0.3) is 22.8 Å². The highest BCUT2D eigenvalue weighted by atomic mass is 16.5. The molecule has 6 heteroatoms. The fourth-order valence-electron chi connectivity index (χ4n) is 2.24. The molecule has 0 saturated carbocycles. The van der Waals surface area contributed by atoms with Gasteiger partial charge in [-0.25, -0.2) is 9.97 Å². The number of rotatable bonds is 4. The van der Waals surface area contributed by atoms with Crippen LogP contribution < -0.4 is 9.47 Å². The molecule has 3 aromatic rings. The number of hydrogen-bond acceptors (Lipinski definition) is 5. The molecule has 1 N–H and O–H groups in total. The van der Waals surface area contributed by atoms with Crippen molar-refractivity contribution in [2.45, 2.75) is 0 Å². The molecule has 3 rings (SSSR count). The molecule has 1 aromatic carbocycles. The predicted molar refractivity (Wildman–Crippen MR) is 86.9 cm³/mol. The van der Waals surface area contributed by atoms with Gasteiger partial charge < -0.3 is 14.5 Å². The number of aromatic nitrogens is 3. The zero-order valence-electron chi connectivity index (χ0n) is 12.7. The Bertz CT molecular complexity index is 889. The van der Waals surface area contributed by atoms with Crippen LogP contribution in [0.15, 0.2) is 36.5 Å². The van der Waals surface area contributed by atoms with Gasteiger partial charge in [0.1, 0.15) is 6.07 Å². The van der Waals surface area contributed by atoms with Crippen LogP contribution in [-0.2, 0) is 0 Å². The number of methoxy groups -OCH3 is 2. The van der Waals surface area contributed by atoms with E-state index in [2.05, 4.69) is 21.0 Å². The Morgan fingerprint density at radius 2 is 2.04 bits per heavy atom. The van der Waals surface area contributed by atoms with Gasteiger partial charge in [-0.05, 0) is 35.9 Å². The van der Waals surface area contributed by atoms with Crippen LogP contribution in [0, 0.1) is 11.3 Å². The van der Waals surface area contributed by atoms with Gasteiger partial charge in [-0.1, -0.05) is 6.07 Å². The average molecular weight is 306 g/mol. The first kappa shape index (κ1) is 14.6. The van der Waals surface area contributed by atoms with E-state index in [0.29, 0.717) is 28.5 Å². The number of nitriles is 1. The first-order valence-electron chi connectivity index (χ1n) is 6.90. The van der Waals surface area contributed by atoms with E-state index in [1.54, 1.807) is 38.6 Å². The van der Waals surface area contributed by atoms with Crippen LogP contribution in [0.4, 0.5) is 0 Å². The molecule has 6 nitrogen and oxygen atoms in total. The highest BCUT2D eigenvalue weighted by molar-refractivity contribution is 5.89. The van der Waals surface area contributed by atoms with E-state index in [1.807, 2.05) is 18.2 Å². The van der Waals surface area contributed by atoms with Gasteiger partial charge in [0, 0.05) is 6.20 Å². The lowest BCUT2D eigenvalue weighted by molar-refractivity contribution is 0.355. The first-order valence-corrected chi connectivity index (χ1v) is 6.90. The molecule has 0 aliphatic carbocycles. The monoisotopic (exact) mass is 306 g/mol. The molecule has 0 spiro atoms. The second-order valence-corrected chi connectivity index (χ2v) is 4.74. The molecule has 0 saturated heterocycles. The number of imidazole rings is 1. The molecular weight excluding hydrogens is 292 g/mol. The molecule has 0 bridgehead atoms. The molecule has 0 atom stereocenters. The lowest BCUT2D eigenvalue weighted by Gasteiger charge is -2.07.